The van der Waals surface area contributed by atoms with E-state index >= 15 is 0 Å². The van der Waals surface area contributed by atoms with Gasteiger partial charge in [-0.3, -0.25) is 4.79 Å². The number of nitrogens with two attached hydrogens (primary N) is 1. The molecule has 158 valence electrons. The number of carbonyl (C=O) groups is 2. The van der Waals surface area contributed by atoms with Crippen molar-refractivity contribution in [3.63, 3.8) is 0 Å². The van der Waals surface area contributed by atoms with Gasteiger partial charge in [0.15, 0.2) is 0 Å². The lowest BCUT2D eigenvalue weighted by atomic mass is 10.1. The molecule has 3 N–H and O–H groups in total. The van der Waals surface area contributed by atoms with Crippen LogP contribution in [0, 0.1) is 0 Å². The highest BCUT2D eigenvalue weighted by atomic mass is 79.9. The molecular formula is C21H33BrN2O4. The number of nitrogens with one attached hydrogen (secondary N) is 1. The number of halogens is 1. The first-order valence-electron chi connectivity index (χ1n) is 9.64. The van der Waals surface area contributed by atoms with E-state index in [1.807, 2.05) is 6.92 Å². The molecule has 0 bridgehead atoms. The van der Waals surface area contributed by atoms with Gasteiger partial charge >= 0.3 is 6.09 Å². The first kappa shape index (κ1) is 24.4. The van der Waals surface area contributed by atoms with Crippen LogP contribution in [-0.4, -0.2) is 35.1 Å². The Labute approximate surface area is 176 Å². The smallest absolute Gasteiger partial charge is 0.407 e. The van der Waals surface area contributed by atoms with Gasteiger partial charge in [-0.1, -0.05) is 40.2 Å². The molecule has 1 aromatic carbocycles. The van der Waals surface area contributed by atoms with Gasteiger partial charge in [0, 0.05) is 11.8 Å². The first-order chi connectivity index (χ1) is 13.1. The molecule has 0 aliphatic heterocycles. The lowest BCUT2D eigenvalue weighted by molar-refractivity contribution is -0.118. The monoisotopic (exact) mass is 456 g/mol. The summed E-state index contributed by atoms with van der Waals surface area (Å²) in [4.78, 5) is 23.3. The molecule has 7 heteroatoms. The Bertz CT molecular complexity index is 614. The average Bonchev–Trinajstić information content (AvgIpc) is 2.60. The normalized spacial score (nSPS) is 13.6. The summed E-state index contributed by atoms with van der Waals surface area (Å²) in [5.74, 6) is -0.415. The van der Waals surface area contributed by atoms with Gasteiger partial charge in [0.1, 0.15) is 5.60 Å². The predicted molar refractivity (Wildman–Crippen MR) is 114 cm³/mol. The minimum Gasteiger partial charge on any atom is -0.444 e. The van der Waals surface area contributed by atoms with Crippen LogP contribution in [-0.2, 0) is 27.3 Å². The van der Waals surface area contributed by atoms with Gasteiger partial charge in [-0.25, -0.2) is 4.79 Å². The van der Waals surface area contributed by atoms with E-state index in [1.165, 1.54) is 5.56 Å². The standard InChI is InChI=1S/C21H33BrN2O4/c1-15(27-14-17-9-7-16(8-10-17)6-5-13-22)18(11-12-19(23)25)24-20(26)28-21(2,3)4/h7-10,15,18H,5-6,11-14H2,1-4H3,(H2,23,25)(H,24,26)/t15-,18+/m1/s1. The van der Waals surface area contributed by atoms with Gasteiger partial charge in [-0.05, 0) is 58.1 Å². The molecule has 1 rings (SSSR count). The fraction of sp³-hybridized carbons (Fsp3) is 0.619. The third kappa shape index (κ3) is 10.7. The Morgan fingerprint density at radius 2 is 1.79 bits per heavy atom. The van der Waals surface area contributed by atoms with E-state index in [0.29, 0.717) is 13.0 Å². The zero-order valence-electron chi connectivity index (χ0n) is 17.3. The van der Waals surface area contributed by atoms with Gasteiger partial charge in [0.25, 0.3) is 0 Å². The number of carbonyl (C=O) groups excluding carboxylic acids is 2. The fourth-order valence-corrected chi connectivity index (χ4v) is 2.88. The second-order valence-corrected chi connectivity index (χ2v) is 8.68. The highest BCUT2D eigenvalue weighted by molar-refractivity contribution is 9.09. The molecule has 0 aliphatic rings. The molecule has 0 aromatic heterocycles. The second-order valence-electron chi connectivity index (χ2n) is 7.88. The van der Waals surface area contributed by atoms with Crippen molar-refractivity contribution < 1.29 is 19.1 Å². The number of hydrogen-bond acceptors (Lipinski definition) is 4. The summed E-state index contributed by atoms with van der Waals surface area (Å²) in [6.07, 6.45) is 1.86. The van der Waals surface area contributed by atoms with Gasteiger partial charge in [-0.15, -0.1) is 0 Å². The largest absolute Gasteiger partial charge is 0.444 e. The van der Waals surface area contributed by atoms with Crippen molar-refractivity contribution in [2.75, 3.05) is 5.33 Å². The third-order valence-corrected chi connectivity index (χ3v) is 4.67. The Morgan fingerprint density at radius 3 is 2.32 bits per heavy atom. The van der Waals surface area contributed by atoms with Crippen LogP contribution in [0.2, 0.25) is 0 Å². The number of rotatable bonds is 11. The first-order valence-corrected chi connectivity index (χ1v) is 10.8. The Kier molecular flexibility index (Phi) is 10.5. The highest BCUT2D eigenvalue weighted by Crippen LogP contribution is 2.14. The summed E-state index contributed by atoms with van der Waals surface area (Å²) in [6.45, 7) is 7.68. The quantitative estimate of drug-likeness (QED) is 0.490. The molecule has 2 amide bonds. The zero-order valence-corrected chi connectivity index (χ0v) is 18.9. The SMILES string of the molecule is C[C@@H](OCc1ccc(CCCBr)cc1)[C@H](CCC(N)=O)NC(=O)OC(C)(C)C. The van der Waals surface area contributed by atoms with Crippen molar-refractivity contribution in [1.82, 2.24) is 5.32 Å². The van der Waals surface area contributed by atoms with E-state index in [4.69, 9.17) is 15.2 Å². The van der Waals surface area contributed by atoms with Crippen molar-refractivity contribution in [1.29, 1.82) is 0 Å². The van der Waals surface area contributed by atoms with Crippen LogP contribution in [0.25, 0.3) is 0 Å². The van der Waals surface area contributed by atoms with Gasteiger partial charge in [-0.2, -0.15) is 0 Å². The summed E-state index contributed by atoms with van der Waals surface area (Å²) in [6, 6.07) is 7.94. The van der Waals surface area contributed by atoms with Crippen LogP contribution < -0.4 is 11.1 Å². The average molecular weight is 457 g/mol. The molecule has 2 atom stereocenters. The number of benzene rings is 1. The highest BCUT2D eigenvalue weighted by Gasteiger charge is 2.24. The van der Waals surface area contributed by atoms with Crippen molar-refractivity contribution >= 4 is 27.9 Å². The maximum Gasteiger partial charge on any atom is 0.407 e. The summed E-state index contributed by atoms with van der Waals surface area (Å²) >= 11 is 3.44. The molecule has 0 spiro atoms. The Hall–Kier alpha value is -1.60. The molecule has 0 saturated heterocycles. The van der Waals surface area contributed by atoms with E-state index in [0.717, 1.165) is 23.7 Å². The number of primary amides is 1. The number of alkyl halides is 1. The van der Waals surface area contributed by atoms with Crippen molar-refractivity contribution in [3.05, 3.63) is 35.4 Å². The summed E-state index contributed by atoms with van der Waals surface area (Å²) in [5, 5.41) is 3.79. The van der Waals surface area contributed by atoms with Crippen LogP contribution in [0.1, 0.15) is 58.1 Å². The second kappa shape index (κ2) is 12.1. The van der Waals surface area contributed by atoms with Crippen LogP contribution in [0.3, 0.4) is 0 Å². The fourth-order valence-electron chi connectivity index (χ4n) is 2.60. The van der Waals surface area contributed by atoms with Gasteiger partial charge in [0.2, 0.25) is 5.91 Å². The molecule has 0 fully saturated rings. The lowest BCUT2D eigenvalue weighted by Gasteiger charge is -2.27. The maximum atomic E-state index is 12.1. The van der Waals surface area contributed by atoms with Crippen molar-refractivity contribution in [2.24, 2.45) is 5.73 Å². The molecule has 0 saturated carbocycles. The van der Waals surface area contributed by atoms with Crippen molar-refractivity contribution in [2.45, 2.75) is 77.7 Å². The Balaban J connectivity index is 2.62. The molecule has 0 radical (unpaired) electrons. The predicted octanol–water partition coefficient (Wildman–Crippen LogP) is 4.08. The molecule has 0 heterocycles. The third-order valence-electron chi connectivity index (χ3n) is 4.11. The summed E-state index contributed by atoms with van der Waals surface area (Å²) in [7, 11) is 0. The molecule has 0 aliphatic carbocycles. The van der Waals surface area contributed by atoms with Crippen LogP contribution in [0.5, 0.6) is 0 Å². The summed E-state index contributed by atoms with van der Waals surface area (Å²) < 4.78 is 11.3. The molecule has 6 nitrogen and oxygen atoms in total. The van der Waals surface area contributed by atoms with Gasteiger partial charge in [0.05, 0.1) is 18.8 Å². The molecular weight excluding hydrogens is 424 g/mol. The summed E-state index contributed by atoms with van der Waals surface area (Å²) in [5.41, 5.74) is 7.01. The minimum atomic E-state index is -0.598. The van der Waals surface area contributed by atoms with Crippen LogP contribution in [0.4, 0.5) is 4.79 Å². The van der Waals surface area contributed by atoms with E-state index in [9.17, 15) is 9.59 Å². The zero-order chi connectivity index (χ0) is 21.2. The lowest BCUT2D eigenvalue weighted by Crippen LogP contribution is -2.45. The number of aryl methyl sites for hydroxylation is 1. The topological polar surface area (TPSA) is 90.6 Å². The van der Waals surface area contributed by atoms with Crippen LogP contribution >= 0.6 is 15.9 Å². The molecule has 0 unspecified atom stereocenters. The minimum absolute atomic E-state index is 0.163. The Morgan fingerprint density at radius 1 is 1.18 bits per heavy atom. The number of hydrogen-bond donors (Lipinski definition) is 2. The van der Waals surface area contributed by atoms with Crippen molar-refractivity contribution in [3.8, 4) is 0 Å². The van der Waals surface area contributed by atoms with E-state index in [2.05, 4.69) is 45.5 Å². The maximum absolute atomic E-state index is 12.1. The van der Waals surface area contributed by atoms with E-state index < -0.39 is 17.6 Å². The van der Waals surface area contributed by atoms with E-state index in [1.54, 1.807) is 20.8 Å². The number of alkyl carbamates (subject to hydrolysis) is 1. The van der Waals surface area contributed by atoms with E-state index in [-0.39, 0.29) is 18.6 Å². The molecule has 28 heavy (non-hydrogen) atoms. The van der Waals surface area contributed by atoms with Crippen LogP contribution in [0.15, 0.2) is 24.3 Å². The van der Waals surface area contributed by atoms with Gasteiger partial charge < -0.3 is 20.5 Å². The molecule has 1 aromatic rings. The number of ether oxygens (including phenoxy) is 2. The number of amides is 2.